The molecule has 0 N–H and O–H groups in total. The van der Waals surface area contributed by atoms with Crippen LogP contribution in [-0.2, 0) is 5.41 Å². The molecule has 118 valence electrons. The van der Waals surface area contributed by atoms with E-state index in [1.54, 1.807) is 0 Å². The number of rotatable bonds is 2. The highest BCUT2D eigenvalue weighted by molar-refractivity contribution is 6.30. The van der Waals surface area contributed by atoms with Crippen molar-refractivity contribution in [2.45, 2.75) is 52.0 Å². The highest BCUT2D eigenvalue weighted by Gasteiger charge is 2.26. The molecular weight excluding hydrogens is 284 g/mol. The van der Waals surface area contributed by atoms with Gasteiger partial charge >= 0.3 is 0 Å². The third-order valence-electron chi connectivity index (χ3n) is 4.21. The van der Waals surface area contributed by atoms with Gasteiger partial charge in [-0.25, -0.2) is 9.97 Å². The van der Waals surface area contributed by atoms with Gasteiger partial charge in [0.2, 0.25) is 0 Å². The molecule has 1 fully saturated rings. The number of piperidine rings is 1. The summed E-state index contributed by atoms with van der Waals surface area (Å²) in [6.07, 6.45) is 2.43. The number of likely N-dealkylation sites (tertiary alicyclic amines) is 1. The summed E-state index contributed by atoms with van der Waals surface area (Å²) in [7, 11) is 4.31. The second kappa shape index (κ2) is 6.09. The van der Waals surface area contributed by atoms with Gasteiger partial charge in [0.15, 0.2) is 0 Å². The minimum absolute atomic E-state index is 0.101. The fraction of sp³-hybridized carbons (Fsp3) is 0.750. The van der Waals surface area contributed by atoms with Crippen LogP contribution >= 0.6 is 11.6 Å². The van der Waals surface area contributed by atoms with E-state index in [0.717, 1.165) is 23.8 Å². The van der Waals surface area contributed by atoms with E-state index in [-0.39, 0.29) is 5.41 Å². The molecule has 0 radical (unpaired) electrons. The summed E-state index contributed by atoms with van der Waals surface area (Å²) in [5.74, 6) is 1.78. The molecule has 21 heavy (non-hydrogen) atoms. The Labute approximate surface area is 133 Å². The molecular formula is C16H27ClN4. The van der Waals surface area contributed by atoms with Gasteiger partial charge in [-0.2, -0.15) is 0 Å². The molecule has 2 rings (SSSR count). The minimum atomic E-state index is -0.101. The first-order chi connectivity index (χ1) is 9.70. The molecule has 1 aromatic rings. The van der Waals surface area contributed by atoms with Gasteiger partial charge in [-0.3, -0.25) is 0 Å². The summed E-state index contributed by atoms with van der Waals surface area (Å²) in [4.78, 5) is 13.9. The molecule has 0 bridgehead atoms. The normalized spacial score (nSPS) is 20.6. The van der Waals surface area contributed by atoms with Crippen LogP contribution in [0.2, 0.25) is 5.15 Å². The number of likely N-dealkylation sites (N-methyl/N-ethyl adjacent to an activating group) is 2. The topological polar surface area (TPSA) is 32.3 Å². The van der Waals surface area contributed by atoms with Crippen LogP contribution < -0.4 is 4.90 Å². The van der Waals surface area contributed by atoms with Gasteiger partial charge < -0.3 is 9.80 Å². The van der Waals surface area contributed by atoms with E-state index < -0.39 is 0 Å². The molecule has 0 aliphatic carbocycles. The maximum atomic E-state index is 6.35. The molecule has 1 atom stereocenters. The predicted molar refractivity (Wildman–Crippen MR) is 89.4 cm³/mol. The first-order valence-corrected chi connectivity index (χ1v) is 8.04. The standard InChI is InChI=1S/C16H27ClN4/c1-11-13(17)18-15(16(2,3)4)19-14(11)21(6)12-8-7-9-20(5)10-12/h12H,7-10H2,1-6H3. The van der Waals surface area contributed by atoms with Crippen molar-refractivity contribution >= 4 is 17.4 Å². The molecule has 4 nitrogen and oxygen atoms in total. The van der Waals surface area contributed by atoms with Gasteiger partial charge in [-0.1, -0.05) is 32.4 Å². The van der Waals surface area contributed by atoms with Crippen molar-refractivity contribution in [2.24, 2.45) is 0 Å². The van der Waals surface area contributed by atoms with Crippen LogP contribution in [0.1, 0.15) is 45.0 Å². The Morgan fingerprint density at radius 3 is 2.52 bits per heavy atom. The lowest BCUT2D eigenvalue weighted by molar-refractivity contribution is 0.247. The molecule has 0 saturated carbocycles. The number of anilines is 1. The van der Waals surface area contributed by atoms with E-state index in [1.807, 2.05) is 6.92 Å². The summed E-state index contributed by atoms with van der Waals surface area (Å²) in [5.41, 5.74) is 0.872. The number of hydrogen-bond donors (Lipinski definition) is 0. The van der Waals surface area contributed by atoms with Crippen molar-refractivity contribution < 1.29 is 0 Å². The van der Waals surface area contributed by atoms with Crippen LogP contribution in [0.3, 0.4) is 0 Å². The molecule has 1 unspecified atom stereocenters. The van der Waals surface area contributed by atoms with E-state index in [9.17, 15) is 0 Å². The highest BCUT2D eigenvalue weighted by atomic mass is 35.5. The SMILES string of the molecule is Cc1c(Cl)nc(C(C)(C)C)nc1N(C)C1CCCN(C)C1. The molecule has 0 spiro atoms. The highest BCUT2D eigenvalue weighted by Crippen LogP contribution is 2.29. The fourth-order valence-electron chi connectivity index (χ4n) is 2.79. The van der Waals surface area contributed by atoms with Gasteiger partial charge in [0.25, 0.3) is 0 Å². The molecule has 1 saturated heterocycles. The van der Waals surface area contributed by atoms with Crippen molar-refractivity contribution in [3.05, 3.63) is 16.5 Å². The van der Waals surface area contributed by atoms with Gasteiger partial charge in [0.05, 0.1) is 0 Å². The van der Waals surface area contributed by atoms with Crippen LogP contribution in [0.4, 0.5) is 5.82 Å². The number of aromatic nitrogens is 2. The Morgan fingerprint density at radius 2 is 1.95 bits per heavy atom. The van der Waals surface area contributed by atoms with Gasteiger partial charge in [-0.05, 0) is 33.4 Å². The summed E-state index contributed by atoms with van der Waals surface area (Å²) < 4.78 is 0. The summed E-state index contributed by atoms with van der Waals surface area (Å²) in [6.45, 7) is 10.6. The molecule has 0 amide bonds. The number of halogens is 1. The van der Waals surface area contributed by atoms with Crippen molar-refractivity contribution in [3.8, 4) is 0 Å². The lowest BCUT2D eigenvalue weighted by Gasteiger charge is -2.37. The molecule has 1 aliphatic rings. The zero-order valence-corrected chi connectivity index (χ0v) is 14.8. The van der Waals surface area contributed by atoms with Crippen LogP contribution in [0.25, 0.3) is 0 Å². The van der Waals surface area contributed by atoms with Crippen molar-refractivity contribution in [1.82, 2.24) is 14.9 Å². The van der Waals surface area contributed by atoms with Crippen molar-refractivity contribution in [3.63, 3.8) is 0 Å². The van der Waals surface area contributed by atoms with Gasteiger partial charge in [-0.15, -0.1) is 0 Å². The van der Waals surface area contributed by atoms with Crippen molar-refractivity contribution in [1.29, 1.82) is 0 Å². The summed E-state index contributed by atoms with van der Waals surface area (Å²) in [5, 5.41) is 0.570. The molecule has 0 aromatic carbocycles. The smallest absolute Gasteiger partial charge is 0.137 e. The molecule has 1 aliphatic heterocycles. The van der Waals surface area contributed by atoms with Crippen LogP contribution in [0.15, 0.2) is 0 Å². The Balaban J connectivity index is 2.35. The average molecular weight is 311 g/mol. The predicted octanol–water partition coefficient (Wildman–Crippen LogP) is 3.27. The number of nitrogens with zero attached hydrogens (tertiary/aromatic N) is 4. The number of hydrogen-bond acceptors (Lipinski definition) is 4. The second-order valence-corrected chi connectivity index (χ2v) is 7.56. The zero-order chi connectivity index (χ0) is 15.8. The molecule has 5 heteroatoms. The van der Waals surface area contributed by atoms with Crippen LogP contribution in [0.5, 0.6) is 0 Å². The van der Waals surface area contributed by atoms with Crippen LogP contribution in [0, 0.1) is 6.92 Å². The van der Waals surface area contributed by atoms with E-state index in [0.29, 0.717) is 11.2 Å². The summed E-state index contributed by atoms with van der Waals surface area (Å²) >= 11 is 6.35. The Hall–Kier alpha value is -0.870. The monoisotopic (exact) mass is 310 g/mol. The second-order valence-electron chi connectivity index (χ2n) is 7.21. The van der Waals surface area contributed by atoms with Gasteiger partial charge in [0.1, 0.15) is 16.8 Å². The van der Waals surface area contributed by atoms with E-state index in [1.165, 1.54) is 19.4 Å². The van der Waals surface area contributed by atoms with Crippen molar-refractivity contribution in [2.75, 3.05) is 32.1 Å². The lowest BCUT2D eigenvalue weighted by Crippen LogP contribution is -2.45. The van der Waals surface area contributed by atoms with E-state index in [4.69, 9.17) is 16.6 Å². The van der Waals surface area contributed by atoms with Crippen LogP contribution in [-0.4, -0.2) is 48.1 Å². The third-order valence-corrected chi connectivity index (χ3v) is 4.58. The van der Waals surface area contributed by atoms with Gasteiger partial charge in [0, 0.05) is 30.6 Å². The Morgan fingerprint density at radius 1 is 1.29 bits per heavy atom. The lowest BCUT2D eigenvalue weighted by atomic mass is 9.95. The third kappa shape index (κ3) is 3.67. The largest absolute Gasteiger partial charge is 0.355 e. The molecule has 2 heterocycles. The van der Waals surface area contributed by atoms with E-state index in [2.05, 4.69) is 49.7 Å². The average Bonchev–Trinajstić information content (AvgIpc) is 2.39. The zero-order valence-electron chi connectivity index (χ0n) is 14.1. The first-order valence-electron chi connectivity index (χ1n) is 7.66. The fourth-order valence-corrected chi connectivity index (χ4v) is 2.95. The maximum absolute atomic E-state index is 6.35. The Kier molecular flexibility index (Phi) is 4.79. The summed E-state index contributed by atoms with van der Waals surface area (Å²) in [6, 6.07) is 0.487. The maximum Gasteiger partial charge on any atom is 0.137 e. The first kappa shape index (κ1) is 16.5. The van der Waals surface area contributed by atoms with E-state index >= 15 is 0 Å². The molecule has 1 aromatic heterocycles. The Bertz CT molecular complexity index is 510. The minimum Gasteiger partial charge on any atom is -0.355 e. The quantitative estimate of drug-likeness (QED) is 0.785.